The fraction of sp³-hybridized carbons (Fsp3) is 0.700. The first-order chi connectivity index (χ1) is 6.07. The number of hydrogen-bond acceptors (Lipinski definition) is 2. The first kappa shape index (κ1) is 10.3. The van der Waals surface area contributed by atoms with Crippen LogP contribution in [0.3, 0.4) is 0 Å². The Balaban J connectivity index is 2.57. The highest BCUT2D eigenvalue weighted by molar-refractivity contribution is 5.79. The van der Waals surface area contributed by atoms with E-state index in [0.29, 0.717) is 6.42 Å². The Bertz CT molecular complexity index is 217. The van der Waals surface area contributed by atoms with E-state index in [4.69, 9.17) is 5.11 Å². The highest BCUT2D eigenvalue weighted by atomic mass is 16.4. The van der Waals surface area contributed by atoms with Crippen LogP contribution >= 0.6 is 0 Å². The number of carbonyl (C=O) groups is 1. The van der Waals surface area contributed by atoms with E-state index in [0.717, 1.165) is 31.4 Å². The van der Waals surface area contributed by atoms with Gasteiger partial charge in [-0.2, -0.15) is 0 Å². The molecule has 1 aliphatic rings. The summed E-state index contributed by atoms with van der Waals surface area (Å²) >= 11 is 0. The van der Waals surface area contributed by atoms with Gasteiger partial charge < -0.3 is 10.4 Å². The van der Waals surface area contributed by atoms with Crippen molar-refractivity contribution in [1.29, 1.82) is 0 Å². The Labute approximate surface area is 78.8 Å². The van der Waals surface area contributed by atoms with E-state index in [9.17, 15) is 4.79 Å². The Morgan fingerprint density at radius 3 is 2.77 bits per heavy atom. The predicted molar refractivity (Wildman–Crippen MR) is 51.7 cm³/mol. The molecular weight excluding hydrogens is 166 g/mol. The van der Waals surface area contributed by atoms with Gasteiger partial charge >= 0.3 is 5.97 Å². The summed E-state index contributed by atoms with van der Waals surface area (Å²) in [5.74, 6) is -0.716. The molecule has 74 valence electrons. The van der Waals surface area contributed by atoms with Crippen LogP contribution in [0.2, 0.25) is 0 Å². The quantitative estimate of drug-likeness (QED) is 0.650. The van der Waals surface area contributed by atoms with Gasteiger partial charge in [0.2, 0.25) is 0 Å². The average Bonchev–Trinajstić information content (AvgIpc) is 2.50. The number of rotatable bonds is 4. The summed E-state index contributed by atoms with van der Waals surface area (Å²) in [5, 5.41) is 12.2. The van der Waals surface area contributed by atoms with Crippen molar-refractivity contribution in [3.8, 4) is 0 Å². The van der Waals surface area contributed by atoms with Crippen molar-refractivity contribution in [2.75, 3.05) is 6.54 Å². The molecule has 3 nitrogen and oxygen atoms in total. The minimum Gasteiger partial charge on any atom is -0.480 e. The minimum absolute atomic E-state index is 0.664. The van der Waals surface area contributed by atoms with Crippen LogP contribution < -0.4 is 5.32 Å². The van der Waals surface area contributed by atoms with Gasteiger partial charge in [0, 0.05) is 0 Å². The Kier molecular flexibility index (Phi) is 3.09. The molecule has 0 amide bonds. The summed E-state index contributed by atoms with van der Waals surface area (Å²) < 4.78 is 0. The molecule has 3 heteroatoms. The first-order valence-electron chi connectivity index (χ1n) is 4.70. The summed E-state index contributed by atoms with van der Waals surface area (Å²) in [4.78, 5) is 11.0. The summed E-state index contributed by atoms with van der Waals surface area (Å²) in [7, 11) is 0. The lowest BCUT2D eigenvalue weighted by Crippen LogP contribution is -2.47. The zero-order valence-electron chi connectivity index (χ0n) is 8.10. The zero-order valence-corrected chi connectivity index (χ0v) is 8.10. The van der Waals surface area contributed by atoms with Gasteiger partial charge in [0.15, 0.2) is 0 Å². The third kappa shape index (κ3) is 2.31. The molecule has 1 unspecified atom stereocenters. The Morgan fingerprint density at radius 1 is 1.69 bits per heavy atom. The van der Waals surface area contributed by atoms with Gasteiger partial charge in [-0.3, -0.25) is 4.79 Å². The predicted octanol–water partition coefficient (Wildman–Crippen LogP) is 1.55. The molecule has 0 radical (unpaired) electrons. The molecule has 0 saturated carbocycles. The fourth-order valence-corrected chi connectivity index (χ4v) is 1.74. The molecule has 0 aromatic carbocycles. The number of nitrogens with one attached hydrogen (secondary N) is 1. The molecule has 0 aromatic rings. The molecule has 0 spiro atoms. The molecule has 1 atom stereocenters. The van der Waals surface area contributed by atoms with Crippen LogP contribution in [0, 0.1) is 0 Å². The highest BCUT2D eigenvalue weighted by Gasteiger charge is 2.40. The number of allylic oxidation sites excluding steroid dienone is 1. The van der Waals surface area contributed by atoms with E-state index in [1.807, 2.05) is 6.92 Å². The maximum Gasteiger partial charge on any atom is 0.323 e. The van der Waals surface area contributed by atoms with Crippen LogP contribution in [0.4, 0.5) is 0 Å². The molecule has 2 N–H and O–H groups in total. The molecule has 1 aliphatic heterocycles. The van der Waals surface area contributed by atoms with Crippen molar-refractivity contribution >= 4 is 5.97 Å². The lowest BCUT2D eigenvalue weighted by atomic mass is 9.90. The molecule has 1 saturated heterocycles. The molecule has 1 fully saturated rings. The number of aliphatic carboxylic acids is 1. The van der Waals surface area contributed by atoms with E-state index in [2.05, 4.69) is 11.9 Å². The molecule has 0 bridgehead atoms. The number of carboxylic acids is 1. The fourth-order valence-electron chi connectivity index (χ4n) is 1.74. The Morgan fingerprint density at radius 2 is 2.38 bits per heavy atom. The molecular formula is C10H17NO2. The monoisotopic (exact) mass is 183 g/mol. The third-order valence-corrected chi connectivity index (χ3v) is 2.63. The zero-order chi connectivity index (χ0) is 9.90. The van der Waals surface area contributed by atoms with E-state index in [1.165, 1.54) is 0 Å². The van der Waals surface area contributed by atoms with E-state index in [1.54, 1.807) is 0 Å². The molecule has 13 heavy (non-hydrogen) atoms. The van der Waals surface area contributed by atoms with Crippen molar-refractivity contribution in [2.24, 2.45) is 0 Å². The van der Waals surface area contributed by atoms with Crippen LogP contribution in [0.25, 0.3) is 0 Å². The minimum atomic E-state index is -0.716. The smallest absolute Gasteiger partial charge is 0.323 e. The standard InChI is InChI=1S/C10H17NO2/c1-8(2)4-6-10(9(12)13)5-3-7-11-10/h11H,1,3-7H2,2H3,(H,12,13). The second-order valence-electron chi connectivity index (χ2n) is 3.87. The highest BCUT2D eigenvalue weighted by Crippen LogP contribution is 2.26. The first-order valence-corrected chi connectivity index (χ1v) is 4.70. The maximum atomic E-state index is 11.0. The lowest BCUT2D eigenvalue weighted by Gasteiger charge is -2.24. The second-order valence-corrected chi connectivity index (χ2v) is 3.87. The van der Waals surface area contributed by atoms with Crippen LogP contribution in [0.1, 0.15) is 32.6 Å². The topological polar surface area (TPSA) is 49.3 Å². The molecule has 1 rings (SSSR count). The second kappa shape index (κ2) is 3.92. The van der Waals surface area contributed by atoms with Crippen LogP contribution in [0.5, 0.6) is 0 Å². The summed E-state index contributed by atoms with van der Waals surface area (Å²) in [6, 6.07) is 0. The SMILES string of the molecule is C=C(C)CCC1(C(=O)O)CCCN1. The number of hydrogen-bond donors (Lipinski definition) is 2. The van der Waals surface area contributed by atoms with Crippen LogP contribution in [-0.4, -0.2) is 23.2 Å². The van der Waals surface area contributed by atoms with Crippen LogP contribution in [-0.2, 0) is 4.79 Å². The van der Waals surface area contributed by atoms with Gasteiger partial charge in [-0.25, -0.2) is 0 Å². The van der Waals surface area contributed by atoms with Crippen molar-refractivity contribution < 1.29 is 9.90 Å². The molecule has 1 heterocycles. The van der Waals surface area contributed by atoms with Gasteiger partial charge in [0.05, 0.1) is 0 Å². The lowest BCUT2D eigenvalue weighted by molar-refractivity contribution is -0.144. The largest absolute Gasteiger partial charge is 0.480 e. The van der Waals surface area contributed by atoms with Crippen molar-refractivity contribution in [1.82, 2.24) is 5.32 Å². The molecule has 0 aromatic heterocycles. The summed E-state index contributed by atoms with van der Waals surface area (Å²) in [6.45, 7) is 6.54. The van der Waals surface area contributed by atoms with Gasteiger partial charge in [-0.15, -0.1) is 6.58 Å². The molecule has 0 aliphatic carbocycles. The van der Waals surface area contributed by atoms with Gasteiger partial charge in [-0.1, -0.05) is 5.57 Å². The van der Waals surface area contributed by atoms with Crippen molar-refractivity contribution in [3.63, 3.8) is 0 Å². The van der Waals surface area contributed by atoms with Gasteiger partial charge in [0.25, 0.3) is 0 Å². The summed E-state index contributed by atoms with van der Waals surface area (Å²) in [5.41, 5.74) is 0.383. The van der Waals surface area contributed by atoms with E-state index >= 15 is 0 Å². The Hall–Kier alpha value is -0.830. The van der Waals surface area contributed by atoms with E-state index in [-0.39, 0.29) is 0 Å². The maximum absolute atomic E-state index is 11.0. The average molecular weight is 183 g/mol. The van der Waals surface area contributed by atoms with Crippen LogP contribution in [0.15, 0.2) is 12.2 Å². The van der Waals surface area contributed by atoms with Gasteiger partial charge in [-0.05, 0) is 39.2 Å². The number of carboxylic acid groups (broad SMARTS) is 1. The third-order valence-electron chi connectivity index (χ3n) is 2.63. The summed E-state index contributed by atoms with van der Waals surface area (Å²) in [6.07, 6.45) is 3.16. The van der Waals surface area contributed by atoms with E-state index < -0.39 is 11.5 Å². The van der Waals surface area contributed by atoms with Gasteiger partial charge in [0.1, 0.15) is 5.54 Å². The van der Waals surface area contributed by atoms with Crippen molar-refractivity contribution in [2.45, 2.75) is 38.1 Å². The normalized spacial score (nSPS) is 27.5. The van der Waals surface area contributed by atoms with Crippen molar-refractivity contribution in [3.05, 3.63) is 12.2 Å².